The van der Waals surface area contributed by atoms with Crippen LogP contribution in [-0.2, 0) is 9.31 Å². The molecule has 5 nitrogen and oxygen atoms in total. The summed E-state index contributed by atoms with van der Waals surface area (Å²) >= 11 is 0. The van der Waals surface area contributed by atoms with Crippen LogP contribution in [0.4, 0.5) is 5.82 Å². The van der Waals surface area contributed by atoms with Gasteiger partial charge in [0.2, 0.25) is 0 Å². The summed E-state index contributed by atoms with van der Waals surface area (Å²) in [6.07, 6.45) is 1.67. The highest BCUT2D eigenvalue weighted by molar-refractivity contribution is 6.62. The molecule has 6 heteroatoms. The minimum absolute atomic E-state index is 0.370. The number of pyridine rings is 1. The first-order valence-electron chi connectivity index (χ1n) is 6.50. The Hall–Kier alpha value is -1.27. The fraction of sp³-hybridized carbons (Fsp3) is 0.615. The van der Waals surface area contributed by atoms with E-state index in [1.165, 1.54) is 0 Å². The molecule has 2 rings (SSSR count). The molecule has 1 aliphatic rings. The molecule has 104 valence electrons. The third-order valence-corrected chi connectivity index (χ3v) is 3.73. The van der Waals surface area contributed by atoms with E-state index in [0.717, 1.165) is 5.46 Å². The van der Waals surface area contributed by atoms with Crippen molar-refractivity contribution in [1.29, 1.82) is 0 Å². The lowest BCUT2D eigenvalue weighted by Crippen LogP contribution is -2.41. The van der Waals surface area contributed by atoms with E-state index < -0.39 is 7.12 Å². The van der Waals surface area contributed by atoms with E-state index in [9.17, 15) is 0 Å². The molecule has 1 aromatic heterocycles. The highest BCUT2D eigenvalue weighted by Crippen LogP contribution is 2.36. The maximum absolute atomic E-state index is 5.96. The highest BCUT2D eigenvalue weighted by Gasteiger charge is 2.51. The van der Waals surface area contributed by atoms with E-state index in [2.05, 4.69) is 4.98 Å². The fourth-order valence-electron chi connectivity index (χ4n) is 1.85. The molecule has 1 fully saturated rings. The predicted molar refractivity (Wildman–Crippen MR) is 75.5 cm³/mol. The number of hydrogen-bond acceptors (Lipinski definition) is 5. The zero-order chi connectivity index (χ0) is 14.3. The number of hydrogen-bond donors (Lipinski definition) is 1. The lowest BCUT2D eigenvalue weighted by molar-refractivity contribution is 0.00578. The normalized spacial score (nSPS) is 20.6. The second kappa shape index (κ2) is 4.69. The van der Waals surface area contributed by atoms with Crippen molar-refractivity contribution in [3.05, 3.63) is 12.3 Å². The summed E-state index contributed by atoms with van der Waals surface area (Å²) < 4.78 is 17.4. The van der Waals surface area contributed by atoms with Crippen molar-refractivity contribution >= 4 is 18.4 Å². The summed E-state index contributed by atoms with van der Waals surface area (Å²) in [5.41, 5.74) is 5.84. The van der Waals surface area contributed by atoms with Gasteiger partial charge in [-0.1, -0.05) is 0 Å². The highest BCUT2D eigenvalue weighted by atomic mass is 16.7. The summed E-state index contributed by atoms with van der Waals surface area (Å²) in [6.45, 7) is 10.5. The van der Waals surface area contributed by atoms with Crippen LogP contribution in [0.15, 0.2) is 12.3 Å². The molecule has 0 bridgehead atoms. The van der Waals surface area contributed by atoms with Gasteiger partial charge in [0, 0.05) is 11.7 Å². The average molecular weight is 264 g/mol. The van der Waals surface area contributed by atoms with Gasteiger partial charge in [-0.05, 0) is 40.7 Å². The van der Waals surface area contributed by atoms with Crippen LogP contribution in [0.3, 0.4) is 0 Å². The smallest absolute Gasteiger partial charge is 0.490 e. The Balaban J connectivity index is 2.27. The van der Waals surface area contributed by atoms with Gasteiger partial charge in [-0.25, -0.2) is 4.98 Å². The molecule has 1 saturated heterocycles. The summed E-state index contributed by atoms with van der Waals surface area (Å²) in [7, 11) is -0.447. The number of nitrogen functional groups attached to an aromatic ring is 1. The van der Waals surface area contributed by atoms with Gasteiger partial charge in [-0.3, -0.25) is 0 Å². The number of nitrogens with zero attached hydrogens (tertiary/aromatic N) is 1. The van der Waals surface area contributed by atoms with Crippen LogP contribution in [0, 0.1) is 0 Å². The first-order chi connectivity index (χ1) is 8.77. The third kappa shape index (κ3) is 2.55. The number of ether oxygens (including phenoxy) is 1. The molecular weight excluding hydrogens is 243 g/mol. The predicted octanol–water partition coefficient (Wildman–Crippen LogP) is 1.36. The SMILES string of the molecule is CCOc1cc(B2OC(C)(C)C(C)(C)O2)cnc1N. The van der Waals surface area contributed by atoms with Crippen LogP contribution in [0.5, 0.6) is 5.75 Å². The Bertz CT molecular complexity index is 461. The molecule has 1 aliphatic heterocycles. The first kappa shape index (κ1) is 14.2. The monoisotopic (exact) mass is 264 g/mol. The lowest BCUT2D eigenvalue weighted by Gasteiger charge is -2.32. The van der Waals surface area contributed by atoms with Crippen molar-refractivity contribution in [2.24, 2.45) is 0 Å². The molecule has 2 N–H and O–H groups in total. The van der Waals surface area contributed by atoms with Gasteiger partial charge >= 0.3 is 7.12 Å². The van der Waals surface area contributed by atoms with E-state index in [-0.39, 0.29) is 11.2 Å². The Morgan fingerprint density at radius 1 is 1.26 bits per heavy atom. The molecule has 0 atom stereocenters. The quantitative estimate of drug-likeness (QED) is 0.835. The number of anilines is 1. The van der Waals surface area contributed by atoms with Gasteiger partial charge in [-0.15, -0.1) is 0 Å². The maximum atomic E-state index is 5.96. The van der Waals surface area contributed by atoms with E-state index in [0.29, 0.717) is 18.2 Å². The molecule has 1 aromatic rings. The van der Waals surface area contributed by atoms with Crippen LogP contribution < -0.4 is 15.9 Å². The van der Waals surface area contributed by atoms with Gasteiger partial charge in [0.25, 0.3) is 0 Å². The zero-order valence-electron chi connectivity index (χ0n) is 12.2. The van der Waals surface area contributed by atoms with E-state index >= 15 is 0 Å². The van der Waals surface area contributed by atoms with Crippen LogP contribution in [-0.4, -0.2) is 29.9 Å². The third-order valence-electron chi connectivity index (χ3n) is 3.73. The van der Waals surface area contributed by atoms with Crippen molar-refractivity contribution in [2.75, 3.05) is 12.3 Å². The van der Waals surface area contributed by atoms with Gasteiger partial charge < -0.3 is 19.8 Å². The second-order valence-electron chi connectivity index (χ2n) is 5.67. The van der Waals surface area contributed by atoms with Crippen molar-refractivity contribution in [3.63, 3.8) is 0 Å². The summed E-state index contributed by atoms with van der Waals surface area (Å²) in [6, 6.07) is 1.83. The molecular formula is C13H21BN2O3. The molecule has 0 aliphatic carbocycles. The second-order valence-corrected chi connectivity index (χ2v) is 5.67. The Kier molecular flexibility index (Phi) is 3.49. The van der Waals surface area contributed by atoms with Crippen LogP contribution in [0.2, 0.25) is 0 Å². The topological polar surface area (TPSA) is 66.6 Å². The lowest BCUT2D eigenvalue weighted by atomic mass is 9.80. The van der Waals surface area contributed by atoms with Crippen molar-refractivity contribution in [1.82, 2.24) is 4.98 Å². The molecule has 0 spiro atoms. The van der Waals surface area contributed by atoms with Gasteiger partial charge in [0.1, 0.15) is 0 Å². The van der Waals surface area contributed by atoms with Crippen LogP contribution in [0.1, 0.15) is 34.6 Å². The fourth-order valence-corrected chi connectivity index (χ4v) is 1.85. The molecule has 0 aromatic carbocycles. The molecule has 2 heterocycles. The molecule has 0 saturated carbocycles. The first-order valence-corrected chi connectivity index (χ1v) is 6.50. The number of nitrogens with two attached hydrogens (primary N) is 1. The molecule has 0 unspecified atom stereocenters. The molecule has 0 radical (unpaired) electrons. The van der Waals surface area contributed by atoms with Gasteiger partial charge in [0.05, 0.1) is 17.8 Å². The van der Waals surface area contributed by atoms with Crippen molar-refractivity contribution in [2.45, 2.75) is 45.8 Å². The van der Waals surface area contributed by atoms with E-state index in [1.807, 2.05) is 40.7 Å². The Morgan fingerprint density at radius 2 is 1.84 bits per heavy atom. The summed E-state index contributed by atoms with van der Waals surface area (Å²) in [4.78, 5) is 4.13. The van der Waals surface area contributed by atoms with Crippen molar-refractivity contribution in [3.8, 4) is 5.75 Å². The van der Waals surface area contributed by atoms with Gasteiger partial charge in [0.15, 0.2) is 11.6 Å². The maximum Gasteiger partial charge on any atom is 0.496 e. The number of aromatic nitrogens is 1. The van der Waals surface area contributed by atoms with E-state index in [1.54, 1.807) is 6.20 Å². The largest absolute Gasteiger partial charge is 0.496 e. The van der Waals surface area contributed by atoms with Crippen LogP contribution >= 0.6 is 0 Å². The Labute approximate surface area is 114 Å². The zero-order valence-corrected chi connectivity index (χ0v) is 12.2. The minimum atomic E-state index is -0.447. The number of rotatable bonds is 3. The Morgan fingerprint density at radius 3 is 2.37 bits per heavy atom. The summed E-state index contributed by atoms with van der Waals surface area (Å²) in [5.74, 6) is 0.942. The molecule has 19 heavy (non-hydrogen) atoms. The van der Waals surface area contributed by atoms with Crippen molar-refractivity contribution < 1.29 is 14.0 Å². The summed E-state index contributed by atoms with van der Waals surface area (Å²) in [5, 5.41) is 0. The standard InChI is InChI=1S/C13H21BN2O3/c1-6-17-10-7-9(8-16-11(10)15)14-18-12(2,3)13(4,5)19-14/h7-8H,6H2,1-5H3,(H2,15,16). The van der Waals surface area contributed by atoms with E-state index in [4.69, 9.17) is 19.8 Å². The van der Waals surface area contributed by atoms with Gasteiger partial charge in [-0.2, -0.15) is 0 Å². The minimum Gasteiger partial charge on any atom is -0.490 e. The molecule has 0 amide bonds. The average Bonchev–Trinajstić information content (AvgIpc) is 2.51. The van der Waals surface area contributed by atoms with Crippen LogP contribution in [0.25, 0.3) is 0 Å².